The van der Waals surface area contributed by atoms with Gasteiger partial charge in [0, 0.05) is 18.4 Å². The molecule has 0 aliphatic carbocycles. The lowest BCUT2D eigenvalue weighted by Crippen LogP contribution is -2.41. The van der Waals surface area contributed by atoms with E-state index < -0.39 is 5.97 Å². The molecule has 2 aromatic heterocycles. The van der Waals surface area contributed by atoms with Crippen molar-refractivity contribution >= 4 is 11.9 Å². The topological polar surface area (TPSA) is 84.7 Å². The van der Waals surface area contributed by atoms with Gasteiger partial charge in [-0.05, 0) is 43.1 Å². The molecular formula is C19H23N3O4. The second kappa shape index (κ2) is 8.62. The SMILES string of the molecule is COC(=O)c1ccc(CNC(=O)CN2CCCC[C@H]2c2cccnc2)o1. The van der Waals surface area contributed by atoms with Crippen LogP contribution in [0.25, 0.3) is 0 Å². The number of hydrogen-bond donors (Lipinski definition) is 1. The van der Waals surface area contributed by atoms with E-state index in [0.29, 0.717) is 12.3 Å². The number of methoxy groups -OCH3 is 1. The Labute approximate surface area is 152 Å². The maximum Gasteiger partial charge on any atom is 0.373 e. The fourth-order valence-corrected chi connectivity index (χ4v) is 3.24. The Bertz CT molecular complexity index is 744. The van der Waals surface area contributed by atoms with Crippen LogP contribution in [-0.4, -0.2) is 42.0 Å². The molecule has 0 saturated carbocycles. The van der Waals surface area contributed by atoms with Gasteiger partial charge in [0.15, 0.2) is 0 Å². The van der Waals surface area contributed by atoms with Crippen LogP contribution < -0.4 is 5.32 Å². The molecule has 7 heteroatoms. The van der Waals surface area contributed by atoms with Gasteiger partial charge in [-0.3, -0.25) is 14.7 Å². The van der Waals surface area contributed by atoms with Crippen molar-refractivity contribution in [2.75, 3.05) is 20.2 Å². The van der Waals surface area contributed by atoms with Crippen LogP contribution in [0, 0.1) is 0 Å². The van der Waals surface area contributed by atoms with Crippen LogP contribution in [0.15, 0.2) is 41.1 Å². The molecule has 1 saturated heterocycles. The molecule has 7 nitrogen and oxygen atoms in total. The Hall–Kier alpha value is -2.67. The molecule has 2 aromatic rings. The maximum absolute atomic E-state index is 12.4. The quantitative estimate of drug-likeness (QED) is 0.799. The van der Waals surface area contributed by atoms with Gasteiger partial charge in [0.05, 0.1) is 20.2 Å². The molecule has 1 aliphatic rings. The van der Waals surface area contributed by atoms with E-state index in [4.69, 9.17) is 4.42 Å². The molecule has 26 heavy (non-hydrogen) atoms. The Morgan fingerprint density at radius 1 is 1.35 bits per heavy atom. The molecule has 0 aromatic carbocycles. The van der Waals surface area contributed by atoms with E-state index in [0.717, 1.165) is 31.4 Å². The van der Waals surface area contributed by atoms with E-state index in [2.05, 4.69) is 26.0 Å². The number of nitrogens with zero attached hydrogens (tertiary/aromatic N) is 2. The highest BCUT2D eigenvalue weighted by Gasteiger charge is 2.25. The number of nitrogens with one attached hydrogen (secondary N) is 1. The number of furan rings is 1. The van der Waals surface area contributed by atoms with Gasteiger partial charge in [-0.25, -0.2) is 4.79 Å². The van der Waals surface area contributed by atoms with Gasteiger partial charge in [-0.1, -0.05) is 12.5 Å². The predicted molar refractivity (Wildman–Crippen MR) is 94.3 cm³/mol. The van der Waals surface area contributed by atoms with Gasteiger partial charge in [-0.15, -0.1) is 0 Å². The number of pyridine rings is 1. The number of esters is 1. The second-order valence-corrected chi connectivity index (χ2v) is 6.30. The first-order valence-corrected chi connectivity index (χ1v) is 8.75. The van der Waals surface area contributed by atoms with E-state index in [-0.39, 0.29) is 24.3 Å². The Morgan fingerprint density at radius 3 is 3.00 bits per heavy atom. The van der Waals surface area contributed by atoms with E-state index in [1.165, 1.54) is 13.2 Å². The van der Waals surface area contributed by atoms with Crippen LogP contribution in [0.2, 0.25) is 0 Å². The zero-order chi connectivity index (χ0) is 18.4. The van der Waals surface area contributed by atoms with Gasteiger partial charge in [0.2, 0.25) is 11.7 Å². The van der Waals surface area contributed by atoms with Crippen molar-refractivity contribution in [1.29, 1.82) is 0 Å². The molecule has 138 valence electrons. The number of piperidine rings is 1. The molecule has 3 heterocycles. The average molecular weight is 357 g/mol. The van der Waals surface area contributed by atoms with Gasteiger partial charge >= 0.3 is 5.97 Å². The molecular weight excluding hydrogens is 334 g/mol. The molecule has 1 amide bonds. The summed E-state index contributed by atoms with van der Waals surface area (Å²) in [6, 6.07) is 7.41. The molecule has 0 bridgehead atoms. The van der Waals surface area contributed by atoms with Gasteiger partial charge in [-0.2, -0.15) is 0 Å². The predicted octanol–water partition coefficient (Wildman–Crippen LogP) is 2.30. The number of hydrogen-bond acceptors (Lipinski definition) is 6. The number of amides is 1. The molecule has 1 fully saturated rings. The Morgan fingerprint density at radius 2 is 2.23 bits per heavy atom. The molecule has 0 unspecified atom stereocenters. The van der Waals surface area contributed by atoms with Crippen molar-refractivity contribution in [3.8, 4) is 0 Å². The number of carbonyl (C=O) groups excluding carboxylic acids is 2. The summed E-state index contributed by atoms with van der Waals surface area (Å²) in [4.78, 5) is 30.1. The largest absolute Gasteiger partial charge is 0.463 e. The number of carbonyl (C=O) groups is 2. The van der Waals surface area contributed by atoms with Crippen molar-refractivity contribution in [2.24, 2.45) is 0 Å². The van der Waals surface area contributed by atoms with Crippen molar-refractivity contribution in [3.05, 3.63) is 53.7 Å². The zero-order valence-electron chi connectivity index (χ0n) is 14.8. The monoisotopic (exact) mass is 357 g/mol. The molecule has 1 N–H and O–H groups in total. The third kappa shape index (κ3) is 4.49. The first-order valence-electron chi connectivity index (χ1n) is 8.75. The Kier molecular flexibility index (Phi) is 6.01. The van der Waals surface area contributed by atoms with E-state index >= 15 is 0 Å². The fourth-order valence-electron chi connectivity index (χ4n) is 3.24. The van der Waals surface area contributed by atoms with Crippen LogP contribution in [0.3, 0.4) is 0 Å². The highest BCUT2D eigenvalue weighted by atomic mass is 16.5. The third-order valence-corrected chi connectivity index (χ3v) is 4.54. The number of rotatable bonds is 6. The van der Waals surface area contributed by atoms with Crippen LogP contribution in [0.5, 0.6) is 0 Å². The van der Waals surface area contributed by atoms with Crippen molar-refractivity contribution in [3.63, 3.8) is 0 Å². The first-order chi connectivity index (χ1) is 12.7. The molecule has 1 atom stereocenters. The summed E-state index contributed by atoms with van der Waals surface area (Å²) in [6.45, 7) is 1.45. The molecule has 3 rings (SSSR count). The normalized spacial score (nSPS) is 17.7. The highest BCUT2D eigenvalue weighted by Crippen LogP contribution is 2.29. The standard InChI is InChI=1S/C19H23N3O4/c1-25-19(24)17-8-7-15(26-17)12-21-18(23)13-22-10-3-2-6-16(22)14-5-4-9-20-11-14/h4-5,7-9,11,16H,2-3,6,10,12-13H2,1H3,(H,21,23)/t16-/m0/s1. The van der Waals surface area contributed by atoms with Crippen molar-refractivity contribution in [2.45, 2.75) is 31.8 Å². The molecule has 0 spiro atoms. The van der Waals surface area contributed by atoms with Crippen LogP contribution in [-0.2, 0) is 16.1 Å². The second-order valence-electron chi connectivity index (χ2n) is 6.30. The van der Waals surface area contributed by atoms with Gasteiger partial charge in [0.1, 0.15) is 5.76 Å². The van der Waals surface area contributed by atoms with Crippen molar-refractivity contribution < 1.29 is 18.7 Å². The summed E-state index contributed by atoms with van der Waals surface area (Å²) in [5, 5.41) is 2.85. The van der Waals surface area contributed by atoms with Gasteiger partial charge < -0.3 is 14.5 Å². The van der Waals surface area contributed by atoms with Crippen LogP contribution >= 0.6 is 0 Å². The summed E-state index contributed by atoms with van der Waals surface area (Å²) in [7, 11) is 1.30. The maximum atomic E-state index is 12.4. The minimum absolute atomic E-state index is 0.0724. The third-order valence-electron chi connectivity index (χ3n) is 4.54. The Balaban J connectivity index is 1.55. The lowest BCUT2D eigenvalue weighted by molar-refractivity contribution is -0.123. The lowest BCUT2D eigenvalue weighted by Gasteiger charge is -2.35. The fraction of sp³-hybridized carbons (Fsp3) is 0.421. The molecule has 0 radical (unpaired) electrons. The summed E-state index contributed by atoms with van der Waals surface area (Å²) < 4.78 is 9.95. The first kappa shape index (κ1) is 18.1. The summed E-state index contributed by atoms with van der Waals surface area (Å²) >= 11 is 0. The number of aromatic nitrogens is 1. The minimum Gasteiger partial charge on any atom is -0.463 e. The van der Waals surface area contributed by atoms with E-state index in [1.807, 2.05) is 12.3 Å². The summed E-state index contributed by atoms with van der Waals surface area (Å²) in [5.41, 5.74) is 1.15. The minimum atomic E-state index is -0.532. The zero-order valence-corrected chi connectivity index (χ0v) is 14.8. The van der Waals surface area contributed by atoms with E-state index in [1.54, 1.807) is 12.3 Å². The smallest absolute Gasteiger partial charge is 0.373 e. The average Bonchev–Trinajstić information content (AvgIpc) is 3.16. The summed E-state index contributed by atoms with van der Waals surface area (Å²) in [6.07, 6.45) is 6.90. The van der Waals surface area contributed by atoms with E-state index in [9.17, 15) is 9.59 Å². The number of ether oxygens (including phenoxy) is 1. The highest BCUT2D eigenvalue weighted by molar-refractivity contribution is 5.86. The van der Waals surface area contributed by atoms with Crippen LogP contribution in [0.1, 0.15) is 47.2 Å². The number of likely N-dealkylation sites (tertiary alicyclic amines) is 1. The van der Waals surface area contributed by atoms with Crippen molar-refractivity contribution in [1.82, 2.24) is 15.2 Å². The van der Waals surface area contributed by atoms with Crippen LogP contribution in [0.4, 0.5) is 0 Å². The molecule has 1 aliphatic heterocycles. The van der Waals surface area contributed by atoms with Gasteiger partial charge in [0.25, 0.3) is 0 Å². The summed E-state index contributed by atoms with van der Waals surface area (Å²) in [5.74, 6) is 0.0395. The lowest BCUT2D eigenvalue weighted by atomic mass is 9.96.